The Labute approximate surface area is 37.0 Å². The van der Waals surface area contributed by atoms with Crippen LogP contribution in [0.15, 0.2) is 0 Å². The van der Waals surface area contributed by atoms with Gasteiger partial charge in [0, 0.05) is 0 Å². The molecule has 2 aliphatic rings. The van der Waals surface area contributed by atoms with Crippen molar-refractivity contribution in [2.45, 2.75) is 25.4 Å². The van der Waals surface area contributed by atoms with Gasteiger partial charge in [0.25, 0.3) is 0 Å². The molecule has 0 bridgehead atoms. The fraction of sp³-hybridized carbons (Fsp3) is 1.00. The normalized spacial score (nSPS) is 46.5. The SMILES string of the molecule is O[C@H]1CC12CC2. The molecule has 0 saturated heterocycles. The summed E-state index contributed by atoms with van der Waals surface area (Å²) in [6.45, 7) is 0. The minimum absolute atomic E-state index is 0.109. The maximum Gasteiger partial charge on any atom is 0.0603 e. The Balaban J connectivity index is 2.17. The van der Waals surface area contributed by atoms with Crippen LogP contribution in [-0.2, 0) is 0 Å². The van der Waals surface area contributed by atoms with E-state index in [1.807, 2.05) is 0 Å². The molecular weight excluding hydrogens is 76.1 g/mol. The first kappa shape index (κ1) is 3.03. The lowest BCUT2D eigenvalue weighted by Gasteiger charge is -1.72. The van der Waals surface area contributed by atoms with Crippen molar-refractivity contribution in [3.8, 4) is 0 Å². The van der Waals surface area contributed by atoms with Crippen LogP contribution in [-0.4, -0.2) is 11.2 Å². The van der Waals surface area contributed by atoms with E-state index in [-0.39, 0.29) is 6.10 Å². The molecule has 34 valence electrons. The van der Waals surface area contributed by atoms with E-state index in [0.717, 1.165) is 6.42 Å². The Hall–Kier alpha value is -0.0400. The molecule has 1 heteroatoms. The molecule has 0 unspecified atom stereocenters. The summed E-state index contributed by atoms with van der Waals surface area (Å²) in [4.78, 5) is 0. The van der Waals surface area contributed by atoms with Gasteiger partial charge in [-0.3, -0.25) is 0 Å². The number of hydrogen-bond acceptors (Lipinski definition) is 1. The van der Waals surface area contributed by atoms with Crippen molar-refractivity contribution < 1.29 is 5.11 Å². The second-order valence-electron chi connectivity index (χ2n) is 2.58. The Bertz CT molecular complexity index is 83.9. The average molecular weight is 84.1 g/mol. The summed E-state index contributed by atoms with van der Waals surface area (Å²) in [6.07, 6.45) is 3.81. The molecule has 0 aromatic rings. The summed E-state index contributed by atoms with van der Waals surface area (Å²) < 4.78 is 0. The summed E-state index contributed by atoms with van der Waals surface area (Å²) in [6, 6.07) is 0. The molecule has 1 atom stereocenters. The van der Waals surface area contributed by atoms with E-state index in [0.29, 0.717) is 5.41 Å². The molecule has 6 heavy (non-hydrogen) atoms. The molecule has 1 N–H and O–H groups in total. The minimum Gasteiger partial charge on any atom is -0.393 e. The predicted molar refractivity (Wildman–Crippen MR) is 22.3 cm³/mol. The zero-order valence-corrected chi connectivity index (χ0v) is 3.65. The van der Waals surface area contributed by atoms with Crippen LogP contribution in [0.3, 0.4) is 0 Å². The predicted octanol–water partition coefficient (Wildman–Crippen LogP) is 0.531. The summed E-state index contributed by atoms with van der Waals surface area (Å²) in [5, 5.41) is 8.76. The first-order valence-electron chi connectivity index (χ1n) is 2.52. The van der Waals surface area contributed by atoms with Crippen LogP contribution in [0.5, 0.6) is 0 Å². The molecule has 0 aromatic heterocycles. The van der Waals surface area contributed by atoms with Gasteiger partial charge in [-0.15, -0.1) is 0 Å². The smallest absolute Gasteiger partial charge is 0.0603 e. The first-order valence-corrected chi connectivity index (χ1v) is 2.52. The lowest BCUT2D eigenvalue weighted by Crippen LogP contribution is -1.79. The van der Waals surface area contributed by atoms with E-state index in [2.05, 4.69) is 0 Å². The van der Waals surface area contributed by atoms with Crippen LogP contribution in [0, 0.1) is 5.41 Å². The van der Waals surface area contributed by atoms with E-state index >= 15 is 0 Å². The summed E-state index contributed by atoms with van der Waals surface area (Å²) in [5.41, 5.74) is 0.514. The van der Waals surface area contributed by atoms with E-state index < -0.39 is 0 Å². The Morgan fingerprint density at radius 3 is 2.00 bits per heavy atom. The van der Waals surface area contributed by atoms with Crippen LogP contribution in [0.1, 0.15) is 19.3 Å². The lowest BCUT2D eigenvalue weighted by atomic mass is 10.4. The number of hydrogen-bond donors (Lipinski definition) is 1. The van der Waals surface area contributed by atoms with Gasteiger partial charge in [-0.05, 0) is 24.7 Å². The highest BCUT2D eigenvalue weighted by atomic mass is 16.3. The van der Waals surface area contributed by atoms with Crippen LogP contribution < -0.4 is 0 Å². The molecule has 1 nitrogen and oxygen atoms in total. The molecule has 2 aliphatic carbocycles. The fourth-order valence-electron chi connectivity index (χ4n) is 1.02. The maximum absolute atomic E-state index is 8.76. The largest absolute Gasteiger partial charge is 0.393 e. The third-order valence-electron chi connectivity index (χ3n) is 2.04. The number of aliphatic hydroxyl groups is 1. The molecule has 2 rings (SSSR count). The van der Waals surface area contributed by atoms with Crippen LogP contribution in [0.25, 0.3) is 0 Å². The maximum atomic E-state index is 8.76. The van der Waals surface area contributed by atoms with Crippen molar-refractivity contribution in [3.63, 3.8) is 0 Å². The van der Waals surface area contributed by atoms with Gasteiger partial charge in [0.05, 0.1) is 6.10 Å². The molecule has 0 heterocycles. The molecule has 0 aromatic carbocycles. The summed E-state index contributed by atoms with van der Waals surface area (Å²) in [5.74, 6) is 0. The highest BCUT2D eigenvalue weighted by molar-refractivity contribution is 5.12. The van der Waals surface area contributed by atoms with Gasteiger partial charge in [-0.2, -0.15) is 0 Å². The van der Waals surface area contributed by atoms with E-state index in [4.69, 9.17) is 5.11 Å². The van der Waals surface area contributed by atoms with Crippen LogP contribution >= 0.6 is 0 Å². The van der Waals surface area contributed by atoms with Crippen molar-refractivity contribution in [2.75, 3.05) is 0 Å². The van der Waals surface area contributed by atoms with Crippen LogP contribution in [0.4, 0.5) is 0 Å². The van der Waals surface area contributed by atoms with Crippen molar-refractivity contribution in [3.05, 3.63) is 0 Å². The Morgan fingerprint density at radius 2 is 2.00 bits per heavy atom. The second-order valence-corrected chi connectivity index (χ2v) is 2.58. The molecule has 0 amide bonds. The van der Waals surface area contributed by atoms with Gasteiger partial charge in [-0.1, -0.05) is 0 Å². The summed E-state index contributed by atoms with van der Waals surface area (Å²) in [7, 11) is 0. The van der Waals surface area contributed by atoms with Gasteiger partial charge in [0.2, 0.25) is 0 Å². The van der Waals surface area contributed by atoms with Crippen molar-refractivity contribution in [1.82, 2.24) is 0 Å². The van der Waals surface area contributed by atoms with E-state index in [9.17, 15) is 0 Å². The molecular formula is C5H8O. The minimum atomic E-state index is 0.109. The highest BCUT2D eigenvalue weighted by Crippen LogP contribution is 2.65. The first-order chi connectivity index (χ1) is 2.83. The summed E-state index contributed by atoms with van der Waals surface area (Å²) >= 11 is 0. The molecule has 0 radical (unpaired) electrons. The molecule has 0 aliphatic heterocycles. The van der Waals surface area contributed by atoms with Crippen molar-refractivity contribution >= 4 is 0 Å². The molecule has 2 fully saturated rings. The zero-order valence-electron chi connectivity index (χ0n) is 3.65. The van der Waals surface area contributed by atoms with Gasteiger partial charge >= 0.3 is 0 Å². The quantitative estimate of drug-likeness (QED) is 0.454. The molecule has 1 spiro atoms. The van der Waals surface area contributed by atoms with Gasteiger partial charge in [-0.25, -0.2) is 0 Å². The van der Waals surface area contributed by atoms with Crippen molar-refractivity contribution in [2.24, 2.45) is 5.41 Å². The average Bonchev–Trinajstić information content (AvgIpc) is 2.25. The van der Waals surface area contributed by atoms with Crippen molar-refractivity contribution in [1.29, 1.82) is 0 Å². The third-order valence-corrected chi connectivity index (χ3v) is 2.04. The topological polar surface area (TPSA) is 20.2 Å². The molecule has 2 saturated carbocycles. The fourth-order valence-corrected chi connectivity index (χ4v) is 1.02. The number of rotatable bonds is 0. The van der Waals surface area contributed by atoms with Gasteiger partial charge in [0.1, 0.15) is 0 Å². The second kappa shape index (κ2) is 0.544. The van der Waals surface area contributed by atoms with E-state index in [1.165, 1.54) is 12.8 Å². The third kappa shape index (κ3) is 0.178. The van der Waals surface area contributed by atoms with Gasteiger partial charge < -0.3 is 5.11 Å². The standard InChI is InChI=1S/C5H8O/c6-4-3-5(4)1-2-5/h4,6H,1-3H2/t4-/m0/s1. The lowest BCUT2D eigenvalue weighted by molar-refractivity contribution is 0.255. The zero-order chi connectivity index (χ0) is 4.20. The van der Waals surface area contributed by atoms with Crippen LogP contribution in [0.2, 0.25) is 0 Å². The number of aliphatic hydroxyl groups excluding tert-OH is 1. The Morgan fingerprint density at radius 1 is 1.50 bits per heavy atom. The van der Waals surface area contributed by atoms with E-state index in [1.54, 1.807) is 0 Å². The van der Waals surface area contributed by atoms with Gasteiger partial charge in [0.15, 0.2) is 0 Å². The monoisotopic (exact) mass is 84.1 g/mol. The Kier molecular flexibility index (Phi) is 0.274. The highest BCUT2D eigenvalue weighted by Gasteiger charge is 2.62.